The van der Waals surface area contributed by atoms with Gasteiger partial charge in [0, 0.05) is 5.57 Å². The largest absolute Gasteiger partial charge is 0.392 e. The summed E-state index contributed by atoms with van der Waals surface area (Å²) in [6.45, 7) is 3.02. The fraction of sp³-hybridized carbons (Fsp3) is 0.500. The smallest absolute Gasteiger partial charge is 0.157 e. The van der Waals surface area contributed by atoms with Crippen LogP contribution in [0, 0.1) is 0 Å². The Labute approximate surface area is 48.8 Å². The summed E-state index contributed by atoms with van der Waals surface area (Å²) in [4.78, 5) is 10.4. The lowest BCUT2D eigenvalue weighted by Crippen LogP contribution is -1.99. The van der Waals surface area contributed by atoms with E-state index in [9.17, 15) is 4.79 Å². The van der Waals surface area contributed by atoms with Crippen molar-refractivity contribution in [3.8, 4) is 0 Å². The van der Waals surface area contributed by atoms with E-state index in [4.69, 9.17) is 5.11 Å². The second-order valence-corrected chi connectivity index (χ2v) is 1.53. The summed E-state index contributed by atoms with van der Waals surface area (Å²) >= 11 is 0. The lowest BCUT2D eigenvalue weighted by Gasteiger charge is -1.92. The molecule has 0 heterocycles. The van der Waals surface area contributed by atoms with E-state index in [2.05, 4.69) is 0 Å². The summed E-state index contributed by atoms with van der Waals surface area (Å²) in [5, 5.41) is 8.41. The molecular formula is C6H10O2. The van der Waals surface area contributed by atoms with E-state index in [1.54, 1.807) is 13.0 Å². The van der Waals surface area contributed by atoms with Gasteiger partial charge >= 0.3 is 0 Å². The van der Waals surface area contributed by atoms with Gasteiger partial charge in [-0.05, 0) is 13.8 Å². The summed E-state index contributed by atoms with van der Waals surface area (Å²) in [5.41, 5.74) is 0.477. The predicted octanol–water partition coefficient (Wildman–Crippen LogP) is 0.514. The Kier molecular flexibility index (Phi) is 3.12. The third-order valence-electron chi connectivity index (χ3n) is 0.971. The van der Waals surface area contributed by atoms with Gasteiger partial charge < -0.3 is 5.11 Å². The Balaban J connectivity index is 3.92. The van der Waals surface area contributed by atoms with E-state index < -0.39 is 0 Å². The number of ketones is 1. The number of aliphatic hydroxyl groups excluding tert-OH is 1. The molecule has 0 saturated heterocycles. The normalized spacial score (nSPS) is 11.6. The minimum Gasteiger partial charge on any atom is -0.392 e. The topological polar surface area (TPSA) is 37.3 Å². The molecule has 0 fully saturated rings. The first-order chi connectivity index (χ1) is 3.72. The minimum atomic E-state index is -0.147. The average molecular weight is 114 g/mol. The van der Waals surface area contributed by atoms with Gasteiger partial charge in [0.15, 0.2) is 5.78 Å². The molecule has 0 saturated carbocycles. The summed E-state index contributed by atoms with van der Waals surface area (Å²) in [7, 11) is 0. The zero-order chi connectivity index (χ0) is 6.57. The summed E-state index contributed by atoms with van der Waals surface area (Å²) in [6.07, 6.45) is 1.61. The lowest BCUT2D eigenvalue weighted by molar-refractivity contribution is -0.114. The van der Waals surface area contributed by atoms with Gasteiger partial charge in [0.1, 0.15) is 0 Å². The highest BCUT2D eigenvalue weighted by molar-refractivity contribution is 5.93. The maximum Gasteiger partial charge on any atom is 0.157 e. The Morgan fingerprint density at radius 2 is 2.25 bits per heavy atom. The third-order valence-corrected chi connectivity index (χ3v) is 0.971. The highest BCUT2D eigenvalue weighted by atomic mass is 16.3. The van der Waals surface area contributed by atoms with Crippen molar-refractivity contribution in [2.24, 2.45) is 0 Å². The number of hydrogen-bond donors (Lipinski definition) is 1. The fourth-order valence-corrected chi connectivity index (χ4v) is 0.406. The molecule has 0 atom stereocenters. The van der Waals surface area contributed by atoms with Gasteiger partial charge in [0.25, 0.3) is 0 Å². The first kappa shape index (κ1) is 7.37. The Bertz CT molecular complexity index is 114. The number of Topliss-reactive ketones (excluding diaryl/α,β-unsaturated/α-hetero) is 1. The van der Waals surface area contributed by atoms with E-state index >= 15 is 0 Å². The maximum absolute atomic E-state index is 10.4. The second-order valence-electron chi connectivity index (χ2n) is 1.53. The van der Waals surface area contributed by atoms with Crippen LogP contribution in [0.4, 0.5) is 0 Å². The molecule has 0 rings (SSSR count). The van der Waals surface area contributed by atoms with Gasteiger partial charge in [-0.25, -0.2) is 0 Å². The zero-order valence-electron chi connectivity index (χ0n) is 5.14. The summed E-state index contributed by atoms with van der Waals surface area (Å²) in [5.74, 6) is -0.0602. The number of allylic oxidation sites excluding steroid dienone is 1. The molecule has 0 aliphatic carbocycles. The predicted molar refractivity (Wildman–Crippen MR) is 31.5 cm³/mol. The highest BCUT2D eigenvalue weighted by Crippen LogP contribution is 1.91. The fourth-order valence-electron chi connectivity index (χ4n) is 0.406. The Morgan fingerprint density at radius 3 is 2.25 bits per heavy atom. The van der Waals surface area contributed by atoms with Crippen molar-refractivity contribution < 1.29 is 9.90 Å². The average Bonchev–Trinajstić information content (AvgIpc) is 1.69. The van der Waals surface area contributed by atoms with Crippen molar-refractivity contribution in [2.45, 2.75) is 13.8 Å². The van der Waals surface area contributed by atoms with Crippen LogP contribution in [-0.2, 0) is 4.79 Å². The first-order valence-electron chi connectivity index (χ1n) is 2.49. The van der Waals surface area contributed by atoms with E-state index in [1.165, 1.54) is 6.92 Å². The van der Waals surface area contributed by atoms with Gasteiger partial charge in [0.05, 0.1) is 6.61 Å². The minimum absolute atomic E-state index is 0.0602. The van der Waals surface area contributed by atoms with E-state index in [-0.39, 0.29) is 12.4 Å². The number of aliphatic hydroxyl groups is 1. The van der Waals surface area contributed by atoms with Crippen LogP contribution < -0.4 is 0 Å². The van der Waals surface area contributed by atoms with Gasteiger partial charge in [-0.1, -0.05) is 6.08 Å². The van der Waals surface area contributed by atoms with E-state index in [1.807, 2.05) is 0 Å². The van der Waals surface area contributed by atoms with Crippen LogP contribution in [0.3, 0.4) is 0 Å². The molecule has 0 spiro atoms. The van der Waals surface area contributed by atoms with E-state index in [0.29, 0.717) is 5.57 Å². The molecule has 46 valence electrons. The van der Waals surface area contributed by atoms with Crippen LogP contribution >= 0.6 is 0 Å². The molecule has 0 aromatic rings. The molecule has 2 nitrogen and oxygen atoms in total. The molecule has 0 aromatic carbocycles. The van der Waals surface area contributed by atoms with Crippen molar-refractivity contribution in [3.63, 3.8) is 0 Å². The van der Waals surface area contributed by atoms with E-state index in [0.717, 1.165) is 0 Å². The zero-order valence-corrected chi connectivity index (χ0v) is 5.14. The second kappa shape index (κ2) is 3.38. The van der Waals surface area contributed by atoms with Gasteiger partial charge in [-0.3, -0.25) is 4.79 Å². The van der Waals surface area contributed by atoms with Crippen LogP contribution in [0.5, 0.6) is 0 Å². The summed E-state index contributed by atoms with van der Waals surface area (Å²) in [6, 6.07) is 0. The molecule has 0 amide bonds. The molecular weight excluding hydrogens is 104 g/mol. The molecule has 0 aromatic heterocycles. The van der Waals surface area contributed by atoms with Gasteiger partial charge in [-0.2, -0.15) is 0 Å². The van der Waals surface area contributed by atoms with Gasteiger partial charge in [-0.15, -0.1) is 0 Å². The number of rotatable bonds is 2. The molecule has 8 heavy (non-hydrogen) atoms. The number of hydrogen-bond acceptors (Lipinski definition) is 2. The third kappa shape index (κ3) is 1.89. The summed E-state index contributed by atoms with van der Waals surface area (Å²) < 4.78 is 0. The lowest BCUT2D eigenvalue weighted by atomic mass is 10.2. The van der Waals surface area contributed by atoms with Crippen molar-refractivity contribution >= 4 is 5.78 Å². The molecule has 0 aliphatic heterocycles. The molecule has 0 bridgehead atoms. The maximum atomic E-state index is 10.4. The van der Waals surface area contributed by atoms with Crippen molar-refractivity contribution in [2.75, 3.05) is 6.61 Å². The monoisotopic (exact) mass is 114 g/mol. The molecule has 0 aliphatic rings. The number of carbonyl (C=O) groups is 1. The molecule has 1 N–H and O–H groups in total. The molecule has 2 heteroatoms. The van der Waals surface area contributed by atoms with Crippen molar-refractivity contribution in [1.82, 2.24) is 0 Å². The Morgan fingerprint density at radius 1 is 1.75 bits per heavy atom. The molecule has 0 radical (unpaired) electrons. The number of carbonyl (C=O) groups excluding carboxylic acids is 1. The van der Waals surface area contributed by atoms with Crippen LogP contribution in [0.2, 0.25) is 0 Å². The van der Waals surface area contributed by atoms with Crippen molar-refractivity contribution in [3.05, 3.63) is 11.6 Å². The SMILES string of the molecule is C/C=C(\CO)C(C)=O. The van der Waals surface area contributed by atoms with Crippen LogP contribution in [0.1, 0.15) is 13.8 Å². The van der Waals surface area contributed by atoms with Gasteiger partial charge in [0.2, 0.25) is 0 Å². The Hall–Kier alpha value is -0.630. The highest BCUT2D eigenvalue weighted by Gasteiger charge is 1.96. The first-order valence-corrected chi connectivity index (χ1v) is 2.49. The van der Waals surface area contributed by atoms with Crippen LogP contribution in [0.25, 0.3) is 0 Å². The van der Waals surface area contributed by atoms with Crippen molar-refractivity contribution in [1.29, 1.82) is 0 Å². The molecule has 0 unspecified atom stereocenters. The standard InChI is InChI=1S/C6H10O2/c1-3-6(4-7)5(2)8/h3,7H,4H2,1-2H3/b6-3+. The van der Waals surface area contributed by atoms with Crippen LogP contribution in [0.15, 0.2) is 11.6 Å². The quantitative estimate of drug-likeness (QED) is 0.531. The van der Waals surface area contributed by atoms with Crippen LogP contribution in [-0.4, -0.2) is 17.5 Å².